The fourth-order valence-corrected chi connectivity index (χ4v) is 2.39. The lowest BCUT2D eigenvalue weighted by atomic mass is 10.2. The standard InChI is InChI=1S/C13H7Br2F3N2O/c14-8-4-7(13(16,17)18)5-9(6-8)19-12(21)10-2-1-3-11(15)20-10/h1-6H,(H,19,21). The number of carbonyl (C=O) groups is 1. The maximum atomic E-state index is 12.7. The Balaban J connectivity index is 2.27. The number of amides is 1. The number of hydrogen-bond donors (Lipinski definition) is 1. The van der Waals surface area contributed by atoms with Crippen molar-refractivity contribution >= 4 is 43.5 Å². The first kappa shape index (κ1) is 16.0. The zero-order valence-corrected chi connectivity index (χ0v) is 13.4. The molecule has 0 fully saturated rings. The zero-order chi connectivity index (χ0) is 15.6. The van der Waals surface area contributed by atoms with E-state index in [-0.39, 0.29) is 15.9 Å². The zero-order valence-electron chi connectivity index (χ0n) is 10.2. The normalized spacial score (nSPS) is 11.3. The van der Waals surface area contributed by atoms with Gasteiger partial charge in [-0.25, -0.2) is 4.98 Å². The summed E-state index contributed by atoms with van der Waals surface area (Å²) in [5.74, 6) is -0.595. The SMILES string of the molecule is O=C(Nc1cc(Br)cc(C(F)(F)F)c1)c1cccc(Br)n1. The number of alkyl halides is 3. The van der Waals surface area contributed by atoms with Gasteiger partial charge >= 0.3 is 6.18 Å². The molecular weight excluding hydrogens is 417 g/mol. The van der Waals surface area contributed by atoms with Crippen LogP contribution < -0.4 is 5.32 Å². The van der Waals surface area contributed by atoms with Gasteiger partial charge in [0.25, 0.3) is 5.91 Å². The van der Waals surface area contributed by atoms with E-state index in [1.54, 1.807) is 12.1 Å². The highest BCUT2D eigenvalue weighted by Crippen LogP contribution is 2.33. The van der Waals surface area contributed by atoms with Gasteiger partial charge in [-0.3, -0.25) is 4.79 Å². The molecule has 110 valence electrons. The minimum Gasteiger partial charge on any atom is -0.321 e. The maximum absolute atomic E-state index is 12.7. The van der Waals surface area contributed by atoms with Crippen molar-refractivity contribution in [3.05, 3.63) is 56.7 Å². The maximum Gasteiger partial charge on any atom is 0.416 e. The molecule has 8 heteroatoms. The van der Waals surface area contributed by atoms with Gasteiger partial charge in [0.1, 0.15) is 10.3 Å². The van der Waals surface area contributed by atoms with Crippen LogP contribution in [0.15, 0.2) is 45.5 Å². The summed E-state index contributed by atoms with van der Waals surface area (Å²) in [6.07, 6.45) is -4.49. The first-order valence-corrected chi connectivity index (χ1v) is 7.16. The lowest BCUT2D eigenvalue weighted by Gasteiger charge is -2.11. The summed E-state index contributed by atoms with van der Waals surface area (Å²) in [6.45, 7) is 0. The van der Waals surface area contributed by atoms with Gasteiger partial charge in [0.15, 0.2) is 0 Å². The molecule has 2 rings (SSSR count). The monoisotopic (exact) mass is 422 g/mol. The number of hydrogen-bond acceptors (Lipinski definition) is 2. The number of nitrogens with zero attached hydrogens (tertiary/aromatic N) is 1. The predicted molar refractivity (Wildman–Crippen MR) is 79.0 cm³/mol. The van der Waals surface area contributed by atoms with Crippen molar-refractivity contribution < 1.29 is 18.0 Å². The molecule has 0 bridgehead atoms. The van der Waals surface area contributed by atoms with Crippen molar-refractivity contribution in [2.24, 2.45) is 0 Å². The molecule has 3 nitrogen and oxygen atoms in total. The van der Waals surface area contributed by atoms with Crippen LogP contribution in [0.5, 0.6) is 0 Å². The van der Waals surface area contributed by atoms with Crippen molar-refractivity contribution in [3.8, 4) is 0 Å². The fraction of sp³-hybridized carbons (Fsp3) is 0.0769. The molecule has 2 aromatic rings. The molecule has 1 N–H and O–H groups in total. The Hall–Kier alpha value is -1.41. The highest BCUT2D eigenvalue weighted by molar-refractivity contribution is 9.10. The van der Waals surface area contributed by atoms with E-state index in [1.807, 2.05) is 0 Å². The van der Waals surface area contributed by atoms with Gasteiger partial charge in [0.05, 0.1) is 5.56 Å². The molecule has 21 heavy (non-hydrogen) atoms. The number of carbonyl (C=O) groups excluding carboxylic acids is 1. The summed E-state index contributed by atoms with van der Waals surface area (Å²) in [5.41, 5.74) is -0.726. The molecule has 1 aromatic carbocycles. The Morgan fingerprint density at radius 2 is 1.86 bits per heavy atom. The summed E-state index contributed by atoms with van der Waals surface area (Å²) < 4.78 is 38.8. The number of pyridine rings is 1. The quantitative estimate of drug-likeness (QED) is 0.699. The number of benzene rings is 1. The summed E-state index contributed by atoms with van der Waals surface area (Å²) >= 11 is 6.11. The van der Waals surface area contributed by atoms with Crippen LogP contribution in [0.1, 0.15) is 16.1 Å². The summed E-state index contributed by atoms with van der Waals surface area (Å²) in [6, 6.07) is 7.88. The van der Waals surface area contributed by atoms with Crippen LogP contribution in [0.25, 0.3) is 0 Å². The molecule has 0 saturated carbocycles. The Morgan fingerprint density at radius 3 is 2.48 bits per heavy atom. The second-order valence-corrected chi connectivity index (χ2v) is 5.75. The number of halogens is 5. The van der Waals surface area contributed by atoms with Gasteiger partial charge in [-0.05, 0) is 46.3 Å². The molecule has 0 aliphatic heterocycles. The van der Waals surface area contributed by atoms with Crippen LogP contribution in [-0.4, -0.2) is 10.9 Å². The van der Waals surface area contributed by atoms with Gasteiger partial charge in [-0.2, -0.15) is 13.2 Å². The first-order valence-electron chi connectivity index (χ1n) is 5.57. The molecule has 0 saturated heterocycles. The van der Waals surface area contributed by atoms with Crippen LogP contribution in [0, 0.1) is 0 Å². The minimum absolute atomic E-state index is 0.0310. The van der Waals surface area contributed by atoms with E-state index in [1.165, 1.54) is 12.1 Å². The molecule has 1 heterocycles. The van der Waals surface area contributed by atoms with E-state index in [2.05, 4.69) is 42.2 Å². The van der Waals surface area contributed by atoms with E-state index in [9.17, 15) is 18.0 Å². The average molecular weight is 424 g/mol. The lowest BCUT2D eigenvalue weighted by molar-refractivity contribution is -0.137. The fourth-order valence-electron chi connectivity index (χ4n) is 1.56. The number of rotatable bonds is 2. The third-order valence-corrected chi connectivity index (χ3v) is 3.33. The Bertz CT molecular complexity index is 689. The van der Waals surface area contributed by atoms with Crippen LogP contribution >= 0.6 is 31.9 Å². The van der Waals surface area contributed by atoms with E-state index in [0.717, 1.165) is 12.1 Å². The highest BCUT2D eigenvalue weighted by Gasteiger charge is 2.31. The van der Waals surface area contributed by atoms with Gasteiger partial charge < -0.3 is 5.32 Å². The van der Waals surface area contributed by atoms with Crippen molar-refractivity contribution in [2.75, 3.05) is 5.32 Å². The van der Waals surface area contributed by atoms with Gasteiger partial charge in [0.2, 0.25) is 0 Å². The first-order chi connectivity index (χ1) is 9.75. The van der Waals surface area contributed by atoms with Crippen LogP contribution in [0.4, 0.5) is 18.9 Å². The third kappa shape index (κ3) is 4.28. The Labute approximate surface area is 134 Å². The molecule has 0 spiro atoms. The molecule has 0 atom stereocenters. The van der Waals surface area contributed by atoms with Crippen molar-refractivity contribution in [1.29, 1.82) is 0 Å². The van der Waals surface area contributed by atoms with E-state index in [4.69, 9.17) is 0 Å². The van der Waals surface area contributed by atoms with E-state index >= 15 is 0 Å². The van der Waals surface area contributed by atoms with Gasteiger partial charge in [-0.1, -0.05) is 22.0 Å². The summed E-state index contributed by atoms with van der Waals surface area (Å²) in [4.78, 5) is 15.9. The predicted octanol–water partition coefficient (Wildman–Crippen LogP) is 4.88. The Morgan fingerprint density at radius 1 is 1.14 bits per heavy atom. The topological polar surface area (TPSA) is 42.0 Å². The number of anilines is 1. The van der Waals surface area contributed by atoms with Crippen LogP contribution in [0.2, 0.25) is 0 Å². The lowest BCUT2D eigenvalue weighted by Crippen LogP contribution is -2.14. The smallest absolute Gasteiger partial charge is 0.321 e. The van der Waals surface area contributed by atoms with Gasteiger partial charge in [0, 0.05) is 10.2 Å². The third-order valence-electron chi connectivity index (χ3n) is 2.43. The molecule has 0 unspecified atom stereocenters. The minimum atomic E-state index is -4.49. The van der Waals surface area contributed by atoms with Crippen molar-refractivity contribution in [1.82, 2.24) is 4.98 Å². The summed E-state index contributed by atoms with van der Waals surface area (Å²) in [7, 11) is 0. The van der Waals surface area contributed by atoms with Crippen molar-refractivity contribution in [3.63, 3.8) is 0 Å². The Kier molecular flexibility index (Phi) is 4.67. The second kappa shape index (κ2) is 6.15. The van der Waals surface area contributed by atoms with Crippen LogP contribution in [-0.2, 0) is 6.18 Å². The van der Waals surface area contributed by atoms with Gasteiger partial charge in [-0.15, -0.1) is 0 Å². The van der Waals surface area contributed by atoms with Crippen molar-refractivity contribution in [2.45, 2.75) is 6.18 Å². The number of aromatic nitrogens is 1. The number of nitrogens with one attached hydrogen (secondary N) is 1. The highest BCUT2D eigenvalue weighted by atomic mass is 79.9. The molecule has 1 aromatic heterocycles. The second-order valence-electron chi connectivity index (χ2n) is 4.03. The average Bonchev–Trinajstić information content (AvgIpc) is 2.37. The molecule has 0 aliphatic carbocycles. The molecule has 0 radical (unpaired) electrons. The van der Waals surface area contributed by atoms with Crippen LogP contribution in [0.3, 0.4) is 0 Å². The largest absolute Gasteiger partial charge is 0.416 e. The summed E-state index contributed by atoms with van der Waals surface area (Å²) in [5, 5.41) is 2.39. The molecule has 0 aliphatic rings. The molecular formula is C13H7Br2F3N2O. The molecule has 1 amide bonds. The van der Waals surface area contributed by atoms with E-state index < -0.39 is 17.6 Å². The van der Waals surface area contributed by atoms with E-state index in [0.29, 0.717) is 4.60 Å².